The number of methoxy groups -OCH3 is 1. The zero-order valence-corrected chi connectivity index (χ0v) is 16.4. The van der Waals surface area contributed by atoms with Gasteiger partial charge in [-0.05, 0) is 24.6 Å². The average molecular weight is 399 g/mol. The average Bonchev–Trinajstić information content (AvgIpc) is 2.69. The van der Waals surface area contributed by atoms with Gasteiger partial charge in [0.25, 0.3) is 5.56 Å². The molecule has 3 aromatic rings. The van der Waals surface area contributed by atoms with Crippen molar-refractivity contribution in [2.24, 2.45) is 0 Å². The Kier molecular flexibility index (Phi) is 5.91. The number of rotatable bonds is 7. The third kappa shape index (κ3) is 4.47. The van der Waals surface area contributed by atoms with E-state index in [4.69, 9.17) is 4.74 Å². The van der Waals surface area contributed by atoms with E-state index in [1.807, 2.05) is 30.3 Å². The molecule has 0 unspecified atom stereocenters. The summed E-state index contributed by atoms with van der Waals surface area (Å²) in [6, 6.07) is 15.7. The fourth-order valence-corrected chi connectivity index (χ4v) is 4.01. The summed E-state index contributed by atoms with van der Waals surface area (Å²) < 4.78 is 34.2. The van der Waals surface area contributed by atoms with Crippen LogP contribution in [0.2, 0.25) is 0 Å². The number of hydrogen-bond donors (Lipinski definition) is 1. The molecule has 1 N–H and O–H groups in total. The van der Waals surface area contributed by atoms with Crippen molar-refractivity contribution in [3.05, 3.63) is 76.8 Å². The van der Waals surface area contributed by atoms with Gasteiger partial charge in [-0.15, -0.1) is 0 Å². The van der Waals surface area contributed by atoms with Crippen LogP contribution in [-0.4, -0.2) is 31.6 Å². The molecular weight excluding hydrogens is 378 g/mol. The molecule has 0 aliphatic carbocycles. The zero-order valence-electron chi connectivity index (χ0n) is 15.6. The van der Waals surface area contributed by atoms with Gasteiger partial charge in [-0.3, -0.25) is 9.36 Å². The monoisotopic (exact) mass is 399 g/mol. The molecule has 28 heavy (non-hydrogen) atoms. The van der Waals surface area contributed by atoms with E-state index in [0.29, 0.717) is 5.69 Å². The Hall–Kier alpha value is -2.97. The van der Waals surface area contributed by atoms with E-state index < -0.39 is 10.0 Å². The van der Waals surface area contributed by atoms with Crippen molar-refractivity contribution in [3.63, 3.8) is 0 Å². The normalized spacial score (nSPS) is 11.4. The van der Waals surface area contributed by atoms with E-state index in [2.05, 4.69) is 9.71 Å². The summed E-state index contributed by atoms with van der Waals surface area (Å²) in [6.07, 6.45) is 1.42. The van der Waals surface area contributed by atoms with Gasteiger partial charge in [0.2, 0.25) is 10.0 Å². The minimum absolute atomic E-state index is 0.0473. The van der Waals surface area contributed by atoms with Crippen molar-refractivity contribution in [1.29, 1.82) is 0 Å². The lowest BCUT2D eigenvalue weighted by atomic mass is 10.1. The second-order valence-corrected chi connectivity index (χ2v) is 7.96. The SMILES string of the molecule is COc1ccc(C)cc1S(=O)(=O)NCCn1cnc(-c2ccccc2)cc1=O. The standard InChI is InChI=1S/C20H21N3O4S/c1-15-8-9-18(27-2)19(12-15)28(25,26)22-10-11-23-14-21-17(13-20(23)24)16-6-4-3-5-7-16/h3-9,12-14,22H,10-11H2,1-2H3. The van der Waals surface area contributed by atoms with Gasteiger partial charge < -0.3 is 4.74 Å². The Labute approximate surface area is 163 Å². The molecule has 0 bridgehead atoms. The molecular formula is C20H21N3O4S. The number of ether oxygens (including phenoxy) is 1. The first-order chi connectivity index (χ1) is 13.4. The molecule has 1 heterocycles. The highest BCUT2D eigenvalue weighted by Crippen LogP contribution is 2.24. The van der Waals surface area contributed by atoms with Crippen LogP contribution >= 0.6 is 0 Å². The van der Waals surface area contributed by atoms with Gasteiger partial charge in [-0.2, -0.15) is 0 Å². The first kappa shape index (κ1) is 19.8. The number of aromatic nitrogens is 2. The minimum atomic E-state index is -3.77. The largest absolute Gasteiger partial charge is 0.495 e. The molecule has 0 fully saturated rings. The van der Waals surface area contributed by atoms with Gasteiger partial charge in [0.15, 0.2) is 0 Å². The van der Waals surface area contributed by atoms with Gasteiger partial charge in [0.1, 0.15) is 10.6 Å². The van der Waals surface area contributed by atoms with Crippen LogP contribution in [0.25, 0.3) is 11.3 Å². The van der Waals surface area contributed by atoms with Gasteiger partial charge in [0, 0.05) is 24.7 Å². The van der Waals surface area contributed by atoms with Crippen LogP contribution < -0.4 is 15.0 Å². The molecule has 146 valence electrons. The predicted molar refractivity (Wildman–Crippen MR) is 107 cm³/mol. The Bertz CT molecular complexity index is 1130. The second-order valence-electron chi connectivity index (χ2n) is 6.22. The van der Waals surface area contributed by atoms with Crippen LogP contribution in [0.4, 0.5) is 0 Å². The van der Waals surface area contributed by atoms with Crippen molar-refractivity contribution in [2.45, 2.75) is 18.4 Å². The van der Waals surface area contributed by atoms with Crippen LogP contribution in [0.5, 0.6) is 5.75 Å². The molecule has 0 atom stereocenters. The summed E-state index contributed by atoms with van der Waals surface area (Å²) in [5, 5.41) is 0. The molecule has 0 saturated carbocycles. The molecule has 2 aromatic carbocycles. The lowest BCUT2D eigenvalue weighted by Crippen LogP contribution is -2.31. The molecule has 7 nitrogen and oxygen atoms in total. The van der Waals surface area contributed by atoms with Crippen LogP contribution in [0.1, 0.15) is 5.56 Å². The fourth-order valence-electron chi connectivity index (χ4n) is 2.73. The number of nitrogens with zero attached hydrogens (tertiary/aromatic N) is 2. The number of hydrogen-bond acceptors (Lipinski definition) is 5. The molecule has 0 radical (unpaired) electrons. The summed E-state index contributed by atoms with van der Waals surface area (Å²) >= 11 is 0. The van der Waals surface area contributed by atoms with Crippen molar-refractivity contribution < 1.29 is 13.2 Å². The second kappa shape index (κ2) is 8.37. The molecule has 1 aromatic heterocycles. The maximum absolute atomic E-state index is 12.6. The Morgan fingerprint density at radius 1 is 1.11 bits per heavy atom. The highest BCUT2D eigenvalue weighted by molar-refractivity contribution is 7.89. The van der Waals surface area contributed by atoms with Crippen LogP contribution in [0.15, 0.2) is 70.6 Å². The maximum Gasteiger partial charge on any atom is 0.253 e. The summed E-state index contributed by atoms with van der Waals surface area (Å²) in [7, 11) is -2.35. The van der Waals surface area contributed by atoms with Gasteiger partial charge in [0.05, 0.1) is 19.1 Å². The smallest absolute Gasteiger partial charge is 0.253 e. The van der Waals surface area contributed by atoms with Crippen molar-refractivity contribution in [2.75, 3.05) is 13.7 Å². The van der Waals surface area contributed by atoms with E-state index >= 15 is 0 Å². The first-order valence-electron chi connectivity index (χ1n) is 8.67. The zero-order chi connectivity index (χ0) is 20.1. The molecule has 8 heteroatoms. The third-order valence-electron chi connectivity index (χ3n) is 4.20. The van der Waals surface area contributed by atoms with E-state index in [1.165, 1.54) is 24.1 Å². The number of benzene rings is 2. The number of sulfonamides is 1. The number of aryl methyl sites for hydroxylation is 1. The molecule has 3 rings (SSSR count). The molecule has 0 aliphatic rings. The molecule has 0 saturated heterocycles. The van der Waals surface area contributed by atoms with Crippen molar-refractivity contribution in [3.8, 4) is 17.0 Å². The number of nitrogens with one attached hydrogen (secondary N) is 1. The van der Waals surface area contributed by atoms with Crippen molar-refractivity contribution >= 4 is 10.0 Å². The van der Waals surface area contributed by atoms with Gasteiger partial charge in [-0.1, -0.05) is 36.4 Å². The van der Waals surface area contributed by atoms with E-state index in [0.717, 1.165) is 11.1 Å². The molecule has 0 spiro atoms. The third-order valence-corrected chi connectivity index (χ3v) is 5.68. The van der Waals surface area contributed by atoms with Crippen LogP contribution in [-0.2, 0) is 16.6 Å². The fraction of sp³-hybridized carbons (Fsp3) is 0.200. The molecule has 0 amide bonds. The Balaban J connectivity index is 1.71. The van der Waals surface area contributed by atoms with E-state index in [1.54, 1.807) is 25.1 Å². The lowest BCUT2D eigenvalue weighted by molar-refractivity contribution is 0.402. The highest BCUT2D eigenvalue weighted by atomic mass is 32.2. The topological polar surface area (TPSA) is 90.3 Å². The Morgan fingerprint density at radius 3 is 2.54 bits per heavy atom. The maximum atomic E-state index is 12.6. The van der Waals surface area contributed by atoms with Gasteiger partial charge >= 0.3 is 0 Å². The summed E-state index contributed by atoms with van der Waals surface area (Å²) in [5.74, 6) is 0.268. The van der Waals surface area contributed by atoms with Crippen LogP contribution in [0.3, 0.4) is 0 Å². The van der Waals surface area contributed by atoms with Crippen LogP contribution in [0, 0.1) is 6.92 Å². The van der Waals surface area contributed by atoms with E-state index in [9.17, 15) is 13.2 Å². The minimum Gasteiger partial charge on any atom is -0.495 e. The lowest BCUT2D eigenvalue weighted by Gasteiger charge is -2.12. The molecule has 0 aliphatic heterocycles. The van der Waals surface area contributed by atoms with E-state index in [-0.39, 0.29) is 29.3 Å². The quantitative estimate of drug-likeness (QED) is 0.658. The summed E-state index contributed by atoms with van der Waals surface area (Å²) in [6.45, 7) is 2.01. The van der Waals surface area contributed by atoms with Gasteiger partial charge in [-0.25, -0.2) is 18.1 Å². The first-order valence-corrected chi connectivity index (χ1v) is 10.2. The predicted octanol–water partition coefficient (Wildman–Crippen LogP) is 2.21. The summed E-state index contributed by atoms with van der Waals surface area (Å²) in [4.78, 5) is 16.7. The Morgan fingerprint density at radius 2 is 1.86 bits per heavy atom. The highest BCUT2D eigenvalue weighted by Gasteiger charge is 2.19. The summed E-state index contributed by atoms with van der Waals surface area (Å²) in [5.41, 5.74) is 1.98. The van der Waals surface area contributed by atoms with Crippen molar-refractivity contribution in [1.82, 2.24) is 14.3 Å².